The second-order valence-corrected chi connectivity index (χ2v) is 5.16. The van der Waals surface area contributed by atoms with Gasteiger partial charge in [-0.05, 0) is 19.8 Å². The van der Waals surface area contributed by atoms with Gasteiger partial charge in [-0.1, -0.05) is 26.7 Å². The highest BCUT2D eigenvalue weighted by atomic mass is 16.2. The number of nitrogens with zero attached hydrogens (tertiary/aromatic N) is 2. The van der Waals surface area contributed by atoms with Crippen LogP contribution < -0.4 is 11.1 Å². The van der Waals surface area contributed by atoms with Crippen molar-refractivity contribution < 1.29 is 5.11 Å². The van der Waals surface area contributed by atoms with Gasteiger partial charge in [-0.2, -0.15) is 0 Å². The molecule has 1 rings (SSSR count). The Balaban J connectivity index is 2.52. The first-order valence-corrected chi connectivity index (χ1v) is 7.05. The Morgan fingerprint density at radius 1 is 1.16 bits per heavy atom. The van der Waals surface area contributed by atoms with Gasteiger partial charge in [-0.15, -0.1) is 0 Å². The van der Waals surface area contributed by atoms with Crippen LogP contribution in [-0.4, -0.2) is 28.2 Å². The van der Waals surface area contributed by atoms with Gasteiger partial charge in [0.05, 0.1) is 0 Å². The second-order valence-electron chi connectivity index (χ2n) is 5.16. The number of rotatable bonds is 8. The van der Waals surface area contributed by atoms with E-state index in [0.717, 1.165) is 49.4 Å². The molecule has 0 bridgehead atoms. The SMILES string of the molecule is Cc1c(N)nc(C(C)C)nc1NCCCCCCO. The van der Waals surface area contributed by atoms with Crippen molar-refractivity contribution in [2.24, 2.45) is 0 Å². The maximum atomic E-state index is 8.70. The minimum absolute atomic E-state index is 0.271. The van der Waals surface area contributed by atoms with Crippen LogP contribution in [0.3, 0.4) is 0 Å². The molecule has 0 unspecified atom stereocenters. The van der Waals surface area contributed by atoms with E-state index in [1.165, 1.54) is 0 Å². The number of nitrogen functional groups attached to an aromatic ring is 1. The van der Waals surface area contributed by atoms with E-state index in [1.807, 2.05) is 6.92 Å². The second kappa shape index (κ2) is 7.94. The lowest BCUT2D eigenvalue weighted by molar-refractivity contribution is 0.283. The lowest BCUT2D eigenvalue weighted by atomic mass is 10.2. The molecule has 1 heterocycles. The molecule has 0 aliphatic carbocycles. The highest BCUT2D eigenvalue weighted by molar-refractivity contribution is 5.54. The Kier molecular flexibility index (Phi) is 6.56. The first-order valence-electron chi connectivity index (χ1n) is 7.05. The third-order valence-corrected chi connectivity index (χ3v) is 3.09. The van der Waals surface area contributed by atoms with Crippen molar-refractivity contribution in [2.75, 3.05) is 24.2 Å². The van der Waals surface area contributed by atoms with Gasteiger partial charge in [0.2, 0.25) is 0 Å². The van der Waals surface area contributed by atoms with Crippen LogP contribution in [0, 0.1) is 6.92 Å². The summed E-state index contributed by atoms with van der Waals surface area (Å²) in [7, 11) is 0. The minimum Gasteiger partial charge on any atom is -0.396 e. The standard InChI is InChI=1S/C14H26N4O/c1-10(2)13-17-12(15)11(3)14(18-13)16-8-6-4-5-7-9-19/h10,19H,4-9H2,1-3H3,(H3,15,16,17,18). The fourth-order valence-corrected chi connectivity index (χ4v) is 1.78. The van der Waals surface area contributed by atoms with Crippen molar-refractivity contribution in [1.82, 2.24) is 9.97 Å². The van der Waals surface area contributed by atoms with Crippen LogP contribution in [0.5, 0.6) is 0 Å². The number of hydrogen-bond donors (Lipinski definition) is 3. The summed E-state index contributed by atoms with van der Waals surface area (Å²) in [5, 5.41) is 12.0. The Morgan fingerprint density at radius 3 is 2.47 bits per heavy atom. The molecule has 0 fully saturated rings. The predicted octanol–water partition coefficient (Wildman–Crippen LogP) is 2.46. The molecule has 19 heavy (non-hydrogen) atoms. The maximum Gasteiger partial charge on any atom is 0.135 e. The molecule has 0 amide bonds. The van der Waals surface area contributed by atoms with Crippen molar-refractivity contribution in [2.45, 2.75) is 52.4 Å². The lowest BCUT2D eigenvalue weighted by Gasteiger charge is -2.13. The summed E-state index contributed by atoms with van der Waals surface area (Å²) >= 11 is 0. The van der Waals surface area contributed by atoms with Crippen LogP contribution in [0.4, 0.5) is 11.6 Å². The molecule has 0 saturated carbocycles. The number of nitrogens with one attached hydrogen (secondary N) is 1. The zero-order chi connectivity index (χ0) is 14.3. The quantitative estimate of drug-likeness (QED) is 0.629. The highest BCUT2D eigenvalue weighted by Gasteiger charge is 2.10. The first kappa shape index (κ1) is 15.7. The lowest BCUT2D eigenvalue weighted by Crippen LogP contribution is -2.11. The van der Waals surface area contributed by atoms with E-state index in [4.69, 9.17) is 10.8 Å². The summed E-state index contributed by atoms with van der Waals surface area (Å²) in [5.74, 6) is 2.46. The van der Waals surface area contributed by atoms with Gasteiger partial charge >= 0.3 is 0 Å². The van der Waals surface area contributed by atoms with E-state index in [9.17, 15) is 0 Å². The molecule has 0 aromatic carbocycles. The van der Waals surface area contributed by atoms with Gasteiger partial charge in [0.25, 0.3) is 0 Å². The van der Waals surface area contributed by atoms with E-state index in [0.29, 0.717) is 5.82 Å². The first-order chi connectivity index (χ1) is 9.06. The number of unbranched alkanes of at least 4 members (excludes halogenated alkanes) is 3. The molecule has 1 aromatic rings. The Hall–Kier alpha value is -1.36. The smallest absolute Gasteiger partial charge is 0.135 e. The van der Waals surface area contributed by atoms with Gasteiger partial charge in [0, 0.05) is 24.6 Å². The van der Waals surface area contributed by atoms with Crippen molar-refractivity contribution in [3.05, 3.63) is 11.4 Å². The number of aliphatic hydroxyl groups is 1. The zero-order valence-corrected chi connectivity index (χ0v) is 12.2. The molecule has 5 nitrogen and oxygen atoms in total. The van der Waals surface area contributed by atoms with Crippen molar-refractivity contribution in [3.63, 3.8) is 0 Å². The molecule has 0 aliphatic heterocycles. The summed E-state index contributed by atoms with van der Waals surface area (Å²) in [6, 6.07) is 0. The average Bonchev–Trinajstić information content (AvgIpc) is 2.37. The fourth-order valence-electron chi connectivity index (χ4n) is 1.78. The minimum atomic E-state index is 0.271. The molecular weight excluding hydrogens is 240 g/mol. The van der Waals surface area contributed by atoms with Gasteiger partial charge < -0.3 is 16.2 Å². The Morgan fingerprint density at radius 2 is 1.84 bits per heavy atom. The average molecular weight is 266 g/mol. The molecule has 5 heteroatoms. The number of aliphatic hydroxyl groups excluding tert-OH is 1. The molecule has 0 aliphatic rings. The van der Waals surface area contributed by atoms with Gasteiger partial charge in [0.1, 0.15) is 17.5 Å². The van der Waals surface area contributed by atoms with Gasteiger partial charge in [0.15, 0.2) is 0 Å². The number of aromatic nitrogens is 2. The largest absolute Gasteiger partial charge is 0.396 e. The summed E-state index contributed by atoms with van der Waals surface area (Å²) in [5.41, 5.74) is 6.83. The molecule has 0 saturated heterocycles. The predicted molar refractivity (Wildman–Crippen MR) is 79.3 cm³/mol. The molecular formula is C14H26N4O. The summed E-state index contributed by atoms with van der Waals surface area (Å²) < 4.78 is 0. The molecule has 1 aromatic heterocycles. The topological polar surface area (TPSA) is 84.1 Å². The van der Waals surface area contributed by atoms with E-state index < -0.39 is 0 Å². The van der Waals surface area contributed by atoms with Crippen molar-refractivity contribution in [1.29, 1.82) is 0 Å². The summed E-state index contributed by atoms with van der Waals surface area (Å²) in [6.45, 7) is 7.21. The number of nitrogens with two attached hydrogens (primary N) is 1. The van der Waals surface area contributed by atoms with E-state index in [2.05, 4.69) is 29.1 Å². The Bertz CT molecular complexity index is 393. The maximum absolute atomic E-state index is 8.70. The molecule has 4 N–H and O–H groups in total. The van der Waals surface area contributed by atoms with Crippen LogP contribution in [0.2, 0.25) is 0 Å². The number of anilines is 2. The fraction of sp³-hybridized carbons (Fsp3) is 0.714. The normalized spacial score (nSPS) is 11.0. The van der Waals surface area contributed by atoms with Crippen molar-refractivity contribution >= 4 is 11.6 Å². The van der Waals surface area contributed by atoms with Gasteiger partial charge in [-0.3, -0.25) is 0 Å². The Labute approximate surface area is 115 Å². The molecule has 0 atom stereocenters. The van der Waals surface area contributed by atoms with Crippen molar-refractivity contribution in [3.8, 4) is 0 Å². The van der Waals surface area contributed by atoms with Crippen LogP contribution in [0.15, 0.2) is 0 Å². The summed E-state index contributed by atoms with van der Waals surface area (Å²) in [6.07, 6.45) is 4.14. The van der Waals surface area contributed by atoms with Crippen LogP contribution in [-0.2, 0) is 0 Å². The number of hydrogen-bond acceptors (Lipinski definition) is 5. The van der Waals surface area contributed by atoms with Crippen LogP contribution in [0.1, 0.15) is 56.8 Å². The third-order valence-electron chi connectivity index (χ3n) is 3.09. The molecule has 0 radical (unpaired) electrons. The molecule has 0 spiro atoms. The van der Waals surface area contributed by atoms with E-state index in [1.54, 1.807) is 0 Å². The highest BCUT2D eigenvalue weighted by Crippen LogP contribution is 2.20. The third kappa shape index (κ3) is 5.03. The van der Waals surface area contributed by atoms with Crippen LogP contribution in [0.25, 0.3) is 0 Å². The zero-order valence-electron chi connectivity index (χ0n) is 12.2. The monoisotopic (exact) mass is 266 g/mol. The van der Waals surface area contributed by atoms with E-state index >= 15 is 0 Å². The van der Waals surface area contributed by atoms with Crippen LogP contribution >= 0.6 is 0 Å². The molecule has 108 valence electrons. The van der Waals surface area contributed by atoms with E-state index in [-0.39, 0.29) is 12.5 Å². The summed E-state index contributed by atoms with van der Waals surface area (Å²) in [4.78, 5) is 8.82. The van der Waals surface area contributed by atoms with Gasteiger partial charge in [-0.25, -0.2) is 9.97 Å².